The molecule has 1 aromatic heterocycles. The Morgan fingerprint density at radius 3 is 2.63 bits per heavy atom. The van der Waals surface area contributed by atoms with E-state index in [9.17, 15) is 14.4 Å². The lowest BCUT2D eigenvalue weighted by Gasteiger charge is -2.24. The van der Waals surface area contributed by atoms with Crippen LogP contribution in [-0.2, 0) is 27.3 Å². The molecular formula is C29H31ClN4O4. The van der Waals surface area contributed by atoms with Gasteiger partial charge in [0, 0.05) is 42.0 Å². The van der Waals surface area contributed by atoms with Gasteiger partial charge >= 0.3 is 6.09 Å². The first-order valence-corrected chi connectivity index (χ1v) is 13.0. The molecular weight excluding hydrogens is 504 g/mol. The summed E-state index contributed by atoms with van der Waals surface area (Å²) in [5, 5.41) is 6.36. The summed E-state index contributed by atoms with van der Waals surface area (Å²) in [6, 6.07) is 18.9. The SMILES string of the molecule is CC(C)CC(=O)Nc1cccc(C2OC(=O)N(Cc3cccc(Cl)c3)C2C(=O)NCCc2ccccn2)c1. The molecule has 1 aliphatic rings. The van der Waals surface area contributed by atoms with Crippen LogP contribution in [0.3, 0.4) is 0 Å². The molecule has 2 heterocycles. The molecule has 9 heteroatoms. The number of ether oxygens (including phenoxy) is 1. The maximum absolute atomic E-state index is 13.5. The maximum atomic E-state index is 13.5. The summed E-state index contributed by atoms with van der Waals surface area (Å²) in [5.41, 5.74) is 2.81. The van der Waals surface area contributed by atoms with Crippen LogP contribution in [-0.4, -0.2) is 40.4 Å². The summed E-state index contributed by atoms with van der Waals surface area (Å²) in [4.78, 5) is 44.6. The first-order valence-electron chi connectivity index (χ1n) is 12.6. The van der Waals surface area contributed by atoms with E-state index in [2.05, 4.69) is 15.6 Å². The number of carbonyl (C=O) groups excluding carboxylic acids is 3. The lowest BCUT2D eigenvalue weighted by Crippen LogP contribution is -2.46. The highest BCUT2D eigenvalue weighted by Crippen LogP contribution is 2.35. The number of rotatable bonds is 10. The first kappa shape index (κ1) is 27.1. The van der Waals surface area contributed by atoms with Crippen molar-refractivity contribution in [3.05, 3.63) is 94.8 Å². The number of nitrogens with zero attached hydrogens (tertiary/aromatic N) is 2. The molecule has 3 aromatic rings. The molecule has 0 aliphatic carbocycles. The first-order chi connectivity index (χ1) is 18.3. The van der Waals surface area contributed by atoms with Crippen LogP contribution in [0.5, 0.6) is 0 Å². The molecule has 2 N–H and O–H groups in total. The molecule has 1 aliphatic heterocycles. The van der Waals surface area contributed by atoms with Crippen LogP contribution in [0.4, 0.5) is 10.5 Å². The zero-order valence-corrected chi connectivity index (χ0v) is 22.1. The number of benzene rings is 2. The topological polar surface area (TPSA) is 101 Å². The zero-order valence-electron chi connectivity index (χ0n) is 21.4. The van der Waals surface area contributed by atoms with Gasteiger partial charge in [-0.25, -0.2) is 4.79 Å². The van der Waals surface area contributed by atoms with Crippen LogP contribution < -0.4 is 10.6 Å². The van der Waals surface area contributed by atoms with Gasteiger partial charge in [0.05, 0.1) is 6.54 Å². The summed E-state index contributed by atoms with van der Waals surface area (Å²) in [6.07, 6.45) is 1.17. The van der Waals surface area contributed by atoms with Crippen molar-refractivity contribution >= 4 is 35.2 Å². The van der Waals surface area contributed by atoms with E-state index in [1.54, 1.807) is 48.7 Å². The summed E-state index contributed by atoms with van der Waals surface area (Å²) in [7, 11) is 0. The summed E-state index contributed by atoms with van der Waals surface area (Å²) >= 11 is 6.15. The fourth-order valence-corrected chi connectivity index (χ4v) is 4.60. The van der Waals surface area contributed by atoms with Gasteiger partial charge in [0.15, 0.2) is 12.1 Å². The van der Waals surface area contributed by atoms with Gasteiger partial charge in [-0.2, -0.15) is 0 Å². The Balaban J connectivity index is 1.56. The van der Waals surface area contributed by atoms with Gasteiger partial charge in [0.1, 0.15) is 0 Å². The highest BCUT2D eigenvalue weighted by Gasteiger charge is 2.47. The largest absolute Gasteiger partial charge is 0.438 e. The van der Waals surface area contributed by atoms with E-state index >= 15 is 0 Å². The third-order valence-electron chi connectivity index (χ3n) is 6.09. The van der Waals surface area contributed by atoms with Crippen LogP contribution in [0.15, 0.2) is 72.9 Å². The minimum Gasteiger partial charge on any atom is -0.438 e. The summed E-state index contributed by atoms with van der Waals surface area (Å²) < 4.78 is 5.75. The second kappa shape index (κ2) is 12.6. The lowest BCUT2D eigenvalue weighted by atomic mass is 10.00. The zero-order chi connectivity index (χ0) is 27.1. The molecule has 2 atom stereocenters. The molecule has 2 aromatic carbocycles. The van der Waals surface area contributed by atoms with Crippen molar-refractivity contribution in [2.75, 3.05) is 11.9 Å². The molecule has 4 rings (SSSR count). The number of hydrogen-bond donors (Lipinski definition) is 2. The van der Waals surface area contributed by atoms with E-state index in [4.69, 9.17) is 16.3 Å². The van der Waals surface area contributed by atoms with Crippen molar-refractivity contribution in [3.63, 3.8) is 0 Å². The fraction of sp³-hybridized carbons (Fsp3) is 0.310. The Morgan fingerprint density at radius 1 is 1.08 bits per heavy atom. The molecule has 0 saturated carbocycles. The Kier molecular flexibility index (Phi) is 8.97. The number of pyridine rings is 1. The van der Waals surface area contributed by atoms with E-state index in [-0.39, 0.29) is 24.3 Å². The normalized spacial score (nSPS) is 16.8. The number of nitrogens with one attached hydrogen (secondary N) is 2. The van der Waals surface area contributed by atoms with Crippen molar-refractivity contribution in [2.45, 2.75) is 45.4 Å². The van der Waals surface area contributed by atoms with Gasteiger partial charge in [0.2, 0.25) is 11.8 Å². The van der Waals surface area contributed by atoms with Gasteiger partial charge in [-0.05, 0) is 53.4 Å². The molecule has 2 unspecified atom stereocenters. The molecule has 1 fully saturated rings. The number of hydrogen-bond acceptors (Lipinski definition) is 5. The predicted octanol–water partition coefficient (Wildman–Crippen LogP) is 5.14. The Bertz CT molecular complexity index is 1280. The van der Waals surface area contributed by atoms with E-state index in [0.717, 1.165) is 11.3 Å². The van der Waals surface area contributed by atoms with Crippen LogP contribution >= 0.6 is 11.6 Å². The van der Waals surface area contributed by atoms with E-state index in [1.165, 1.54) is 4.90 Å². The number of carbonyl (C=O) groups is 3. The summed E-state index contributed by atoms with van der Waals surface area (Å²) in [5.74, 6) is -0.229. The number of anilines is 1. The molecule has 0 bridgehead atoms. The van der Waals surface area contributed by atoms with Gasteiger partial charge in [0.25, 0.3) is 0 Å². The minimum atomic E-state index is -0.924. The predicted molar refractivity (Wildman–Crippen MR) is 145 cm³/mol. The smallest absolute Gasteiger partial charge is 0.411 e. The Labute approximate surface area is 227 Å². The molecule has 3 amide bonds. The van der Waals surface area contributed by atoms with Gasteiger partial charge in [-0.3, -0.25) is 19.5 Å². The van der Waals surface area contributed by atoms with Crippen molar-refractivity contribution in [3.8, 4) is 0 Å². The fourth-order valence-electron chi connectivity index (χ4n) is 4.38. The van der Waals surface area contributed by atoms with Crippen molar-refractivity contribution < 1.29 is 19.1 Å². The average Bonchev–Trinajstić information content (AvgIpc) is 3.20. The molecule has 0 spiro atoms. The second-order valence-corrected chi connectivity index (χ2v) is 10.1. The third kappa shape index (κ3) is 7.10. The number of amides is 3. The molecule has 198 valence electrons. The van der Waals surface area contributed by atoms with E-state index in [1.807, 2.05) is 38.1 Å². The maximum Gasteiger partial charge on any atom is 0.411 e. The van der Waals surface area contributed by atoms with Crippen molar-refractivity contribution in [1.29, 1.82) is 0 Å². The minimum absolute atomic E-state index is 0.105. The average molecular weight is 535 g/mol. The van der Waals surface area contributed by atoms with Crippen LogP contribution in [0.2, 0.25) is 5.02 Å². The Morgan fingerprint density at radius 2 is 1.89 bits per heavy atom. The highest BCUT2D eigenvalue weighted by atomic mass is 35.5. The molecule has 0 radical (unpaired) electrons. The van der Waals surface area contributed by atoms with Crippen LogP contribution in [0.25, 0.3) is 0 Å². The van der Waals surface area contributed by atoms with E-state index in [0.29, 0.717) is 35.7 Å². The number of cyclic esters (lactones) is 1. The third-order valence-corrected chi connectivity index (χ3v) is 6.33. The van der Waals surface area contributed by atoms with Crippen LogP contribution in [0.1, 0.15) is 43.2 Å². The lowest BCUT2D eigenvalue weighted by molar-refractivity contribution is -0.126. The van der Waals surface area contributed by atoms with Gasteiger partial charge < -0.3 is 15.4 Å². The quantitative estimate of drug-likeness (QED) is 0.375. The summed E-state index contributed by atoms with van der Waals surface area (Å²) in [6.45, 7) is 4.45. The monoisotopic (exact) mass is 534 g/mol. The van der Waals surface area contributed by atoms with Crippen molar-refractivity contribution in [1.82, 2.24) is 15.2 Å². The molecule has 8 nitrogen and oxygen atoms in total. The van der Waals surface area contributed by atoms with Gasteiger partial charge in [-0.15, -0.1) is 0 Å². The molecule has 1 saturated heterocycles. The van der Waals surface area contributed by atoms with Crippen molar-refractivity contribution in [2.24, 2.45) is 5.92 Å². The number of aromatic nitrogens is 1. The second-order valence-electron chi connectivity index (χ2n) is 9.64. The molecule has 38 heavy (non-hydrogen) atoms. The highest BCUT2D eigenvalue weighted by molar-refractivity contribution is 6.30. The standard InChI is InChI=1S/C29H31ClN4O4/c1-19(2)15-25(35)33-24-11-6-8-21(17-24)27-26(28(36)32-14-12-23-10-3-4-13-31-23)34(29(37)38-27)18-20-7-5-9-22(30)16-20/h3-11,13,16-17,19,26-27H,12,14-15,18H2,1-2H3,(H,32,36)(H,33,35). The van der Waals surface area contributed by atoms with Crippen LogP contribution in [0, 0.1) is 5.92 Å². The van der Waals surface area contributed by atoms with Gasteiger partial charge in [-0.1, -0.05) is 55.8 Å². The Hall–Kier alpha value is -3.91. The van der Waals surface area contributed by atoms with E-state index < -0.39 is 18.2 Å². The number of halogens is 1.